The molecule has 0 atom stereocenters. The number of thiophene rings is 1. The van der Waals surface area contributed by atoms with E-state index in [2.05, 4.69) is 15.0 Å². The average Bonchev–Trinajstić information content (AvgIpc) is 3.07. The van der Waals surface area contributed by atoms with Gasteiger partial charge in [0.2, 0.25) is 11.7 Å². The third-order valence-electron chi connectivity index (χ3n) is 2.99. The lowest BCUT2D eigenvalue weighted by molar-refractivity contribution is 0.261. The van der Waals surface area contributed by atoms with Gasteiger partial charge in [0.1, 0.15) is 0 Å². The molecule has 2 heterocycles. The van der Waals surface area contributed by atoms with Crippen molar-refractivity contribution < 1.29 is 4.52 Å². The minimum absolute atomic E-state index is 0.558. The van der Waals surface area contributed by atoms with E-state index in [4.69, 9.17) is 27.7 Å². The van der Waals surface area contributed by atoms with Gasteiger partial charge in [-0.2, -0.15) is 4.98 Å². The van der Waals surface area contributed by atoms with Gasteiger partial charge in [0, 0.05) is 16.6 Å². The molecule has 0 aliphatic rings. The number of rotatable bonds is 5. The van der Waals surface area contributed by atoms with E-state index in [1.54, 1.807) is 17.4 Å². The quantitative estimate of drug-likeness (QED) is 0.664. The number of nitrogens with zero attached hydrogens (tertiary/aromatic N) is 3. The zero-order valence-corrected chi connectivity index (χ0v) is 14.1. The van der Waals surface area contributed by atoms with Crippen LogP contribution >= 0.6 is 34.5 Å². The maximum atomic E-state index is 6.01. The van der Waals surface area contributed by atoms with Crippen molar-refractivity contribution in [2.24, 2.45) is 0 Å². The summed E-state index contributed by atoms with van der Waals surface area (Å²) >= 11 is 13.6. The molecule has 7 heteroatoms. The first-order chi connectivity index (χ1) is 10.6. The Bertz CT molecular complexity index is 738. The van der Waals surface area contributed by atoms with Gasteiger partial charge in [-0.3, -0.25) is 4.90 Å². The molecular weight excluding hydrogens is 341 g/mol. The molecule has 0 radical (unpaired) electrons. The van der Waals surface area contributed by atoms with Crippen molar-refractivity contribution in [2.75, 3.05) is 7.05 Å². The zero-order chi connectivity index (χ0) is 15.5. The fourth-order valence-corrected chi connectivity index (χ4v) is 3.35. The van der Waals surface area contributed by atoms with Gasteiger partial charge in [-0.1, -0.05) is 34.4 Å². The summed E-state index contributed by atoms with van der Waals surface area (Å²) in [4.78, 5) is 7.47. The standard InChI is InChI=1S/C15H13Cl2N3OS/c1-20(8-10-5-11(16)7-12(17)6-10)9-14-18-15(19-21-14)13-3-2-4-22-13/h2-7H,8-9H2,1H3. The molecule has 3 rings (SSSR count). The van der Waals surface area contributed by atoms with Crippen LogP contribution < -0.4 is 0 Å². The molecule has 0 amide bonds. The highest BCUT2D eigenvalue weighted by molar-refractivity contribution is 7.13. The zero-order valence-electron chi connectivity index (χ0n) is 11.8. The SMILES string of the molecule is CN(Cc1cc(Cl)cc(Cl)c1)Cc1nc(-c2cccs2)no1. The summed E-state index contributed by atoms with van der Waals surface area (Å²) in [6, 6.07) is 9.45. The molecule has 1 aromatic carbocycles. The Morgan fingerprint density at radius 2 is 1.95 bits per heavy atom. The van der Waals surface area contributed by atoms with Crippen molar-refractivity contribution in [3.05, 3.63) is 57.2 Å². The lowest BCUT2D eigenvalue weighted by Gasteiger charge is -2.14. The third kappa shape index (κ3) is 3.87. The van der Waals surface area contributed by atoms with Gasteiger partial charge in [0.15, 0.2) is 0 Å². The fourth-order valence-electron chi connectivity index (χ4n) is 2.13. The van der Waals surface area contributed by atoms with Crippen molar-refractivity contribution in [3.63, 3.8) is 0 Å². The molecular formula is C15H13Cl2N3OS. The van der Waals surface area contributed by atoms with Gasteiger partial charge < -0.3 is 4.52 Å². The van der Waals surface area contributed by atoms with Crippen LogP contribution in [0.5, 0.6) is 0 Å². The lowest BCUT2D eigenvalue weighted by atomic mass is 10.2. The first-order valence-electron chi connectivity index (χ1n) is 6.60. The van der Waals surface area contributed by atoms with Crippen molar-refractivity contribution in [2.45, 2.75) is 13.1 Å². The van der Waals surface area contributed by atoms with Gasteiger partial charge >= 0.3 is 0 Å². The number of hydrogen-bond donors (Lipinski definition) is 0. The largest absolute Gasteiger partial charge is 0.338 e. The van der Waals surface area contributed by atoms with E-state index < -0.39 is 0 Å². The number of benzene rings is 1. The van der Waals surface area contributed by atoms with Gasteiger partial charge in [-0.25, -0.2) is 0 Å². The van der Waals surface area contributed by atoms with Crippen LogP contribution in [0.15, 0.2) is 40.2 Å². The van der Waals surface area contributed by atoms with Gasteiger partial charge in [-0.05, 0) is 42.3 Å². The topological polar surface area (TPSA) is 42.2 Å². The fraction of sp³-hybridized carbons (Fsp3) is 0.200. The van der Waals surface area contributed by atoms with E-state index in [0.717, 1.165) is 10.4 Å². The van der Waals surface area contributed by atoms with Crippen LogP contribution in [0, 0.1) is 0 Å². The Labute approximate surface area is 142 Å². The first-order valence-corrected chi connectivity index (χ1v) is 8.24. The summed E-state index contributed by atoms with van der Waals surface area (Å²) in [6.07, 6.45) is 0. The van der Waals surface area contributed by atoms with Crippen LogP contribution in [-0.2, 0) is 13.1 Å². The van der Waals surface area contributed by atoms with Crippen LogP contribution in [-0.4, -0.2) is 22.1 Å². The summed E-state index contributed by atoms with van der Waals surface area (Å²) in [6.45, 7) is 1.25. The summed E-state index contributed by atoms with van der Waals surface area (Å²) < 4.78 is 5.30. The van der Waals surface area contributed by atoms with Crippen LogP contribution in [0.4, 0.5) is 0 Å². The third-order valence-corrected chi connectivity index (χ3v) is 4.29. The molecule has 0 bridgehead atoms. The Hall–Kier alpha value is -1.40. The highest BCUT2D eigenvalue weighted by atomic mass is 35.5. The Balaban J connectivity index is 1.65. The van der Waals surface area contributed by atoms with E-state index in [1.807, 2.05) is 36.7 Å². The normalized spacial score (nSPS) is 11.3. The second-order valence-electron chi connectivity index (χ2n) is 4.94. The Morgan fingerprint density at radius 1 is 1.18 bits per heavy atom. The maximum absolute atomic E-state index is 6.01. The molecule has 0 N–H and O–H groups in total. The monoisotopic (exact) mass is 353 g/mol. The summed E-state index contributed by atoms with van der Waals surface area (Å²) in [5, 5.41) is 7.25. The summed E-state index contributed by atoms with van der Waals surface area (Å²) in [5.74, 6) is 1.21. The number of aromatic nitrogens is 2. The maximum Gasteiger partial charge on any atom is 0.241 e. The van der Waals surface area contributed by atoms with Crippen LogP contribution in [0.2, 0.25) is 10.0 Å². The van der Waals surface area contributed by atoms with E-state index >= 15 is 0 Å². The highest BCUT2D eigenvalue weighted by Gasteiger charge is 2.12. The van der Waals surface area contributed by atoms with Crippen LogP contribution in [0.1, 0.15) is 11.5 Å². The molecule has 0 saturated carbocycles. The Morgan fingerprint density at radius 3 is 2.64 bits per heavy atom. The van der Waals surface area contributed by atoms with Crippen LogP contribution in [0.3, 0.4) is 0 Å². The minimum Gasteiger partial charge on any atom is -0.338 e. The summed E-state index contributed by atoms with van der Waals surface area (Å²) in [7, 11) is 1.98. The van der Waals surface area contributed by atoms with Crippen molar-refractivity contribution in [1.82, 2.24) is 15.0 Å². The molecule has 114 valence electrons. The van der Waals surface area contributed by atoms with E-state index in [-0.39, 0.29) is 0 Å². The average molecular weight is 354 g/mol. The molecule has 0 unspecified atom stereocenters. The number of halogens is 2. The van der Waals surface area contributed by atoms with E-state index in [9.17, 15) is 0 Å². The minimum atomic E-state index is 0.558. The van der Waals surface area contributed by atoms with Gasteiger partial charge in [0.05, 0.1) is 11.4 Å². The van der Waals surface area contributed by atoms with Crippen molar-refractivity contribution in [1.29, 1.82) is 0 Å². The predicted octanol–water partition coefficient (Wildman–Crippen LogP) is 4.74. The molecule has 0 spiro atoms. The van der Waals surface area contributed by atoms with Crippen molar-refractivity contribution >= 4 is 34.5 Å². The van der Waals surface area contributed by atoms with Crippen molar-refractivity contribution in [3.8, 4) is 10.7 Å². The summed E-state index contributed by atoms with van der Waals surface area (Å²) in [5.41, 5.74) is 1.04. The number of hydrogen-bond acceptors (Lipinski definition) is 5. The first kappa shape index (κ1) is 15.5. The second-order valence-corrected chi connectivity index (χ2v) is 6.76. The lowest BCUT2D eigenvalue weighted by Crippen LogP contribution is -2.17. The molecule has 0 aliphatic carbocycles. The highest BCUT2D eigenvalue weighted by Crippen LogP contribution is 2.22. The van der Waals surface area contributed by atoms with E-state index in [1.165, 1.54) is 0 Å². The van der Waals surface area contributed by atoms with E-state index in [0.29, 0.717) is 34.8 Å². The smallest absolute Gasteiger partial charge is 0.241 e. The van der Waals surface area contributed by atoms with Crippen LogP contribution in [0.25, 0.3) is 10.7 Å². The molecule has 2 aromatic heterocycles. The second kappa shape index (κ2) is 6.79. The Kier molecular flexibility index (Phi) is 4.78. The molecule has 0 fully saturated rings. The molecule has 0 aliphatic heterocycles. The molecule has 22 heavy (non-hydrogen) atoms. The predicted molar refractivity (Wildman–Crippen MR) is 89.2 cm³/mol. The van der Waals surface area contributed by atoms with Gasteiger partial charge in [0.25, 0.3) is 0 Å². The van der Waals surface area contributed by atoms with Gasteiger partial charge in [-0.15, -0.1) is 11.3 Å². The molecule has 0 saturated heterocycles. The molecule has 3 aromatic rings. The molecule has 4 nitrogen and oxygen atoms in total.